The molecule has 0 saturated carbocycles. The average Bonchev–Trinajstić information content (AvgIpc) is 2.46. The highest BCUT2D eigenvalue weighted by Crippen LogP contribution is 1.87. The zero-order valence-electron chi connectivity index (χ0n) is 12.4. The summed E-state index contributed by atoms with van der Waals surface area (Å²) in [6.07, 6.45) is 2.25. The monoisotopic (exact) mass is 286 g/mol. The number of methoxy groups -OCH3 is 2. The van der Waals surface area contributed by atoms with Crippen molar-refractivity contribution in [2.45, 2.75) is 13.8 Å². The van der Waals surface area contributed by atoms with Crippen LogP contribution in [0.1, 0.15) is 13.8 Å². The molecule has 6 heteroatoms. The van der Waals surface area contributed by atoms with E-state index in [-0.39, 0.29) is 11.9 Å². The fourth-order valence-electron chi connectivity index (χ4n) is 0.459. The third-order valence-electron chi connectivity index (χ3n) is 1.35. The van der Waals surface area contributed by atoms with Crippen LogP contribution in [-0.4, -0.2) is 38.7 Å². The van der Waals surface area contributed by atoms with Gasteiger partial charge in [0.15, 0.2) is 0 Å². The first-order chi connectivity index (χ1) is 9.30. The quantitative estimate of drug-likeness (QED) is 0.445. The molecule has 0 bridgehead atoms. The van der Waals surface area contributed by atoms with Crippen molar-refractivity contribution >= 4 is 17.9 Å². The summed E-state index contributed by atoms with van der Waals surface area (Å²) in [6, 6.07) is 0. The van der Waals surface area contributed by atoms with E-state index in [0.29, 0.717) is 12.2 Å². The number of hydrogen-bond acceptors (Lipinski definition) is 6. The van der Waals surface area contributed by atoms with Crippen molar-refractivity contribution < 1.29 is 28.6 Å². The summed E-state index contributed by atoms with van der Waals surface area (Å²) in [5, 5.41) is 0. The second-order valence-electron chi connectivity index (χ2n) is 2.96. The molecule has 0 aliphatic rings. The molecule has 6 nitrogen and oxygen atoms in total. The first-order valence-electron chi connectivity index (χ1n) is 5.53. The van der Waals surface area contributed by atoms with E-state index in [1.54, 1.807) is 13.8 Å². The van der Waals surface area contributed by atoms with E-state index in [2.05, 4.69) is 33.9 Å². The van der Waals surface area contributed by atoms with Gasteiger partial charge in [0.2, 0.25) is 0 Å². The summed E-state index contributed by atoms with van der Waals surface area (Å²) in [5.41, 5.74) is 0.433. The highest BCUT2D eigenvalue weighted by molar-refractivity contribution is 5.86. The average molecular weight is 286 g/mol. The first kappa shape index (κ1) is 22.8. The van der Waals surface area contributed by atoms with E-state index >= 15 is 0 Å². The van der Waals surface area contributed by atoms with E-state index in [1.807, 2.05) is 0 Å². The highest BCUT2D eigenvalue weighted by Gasteiger charge is 1.95. The molecule has 0 atom stereocenters. The van der Waals surface area contributed by atoms with Gasteiger partial charge < -0.3 is 14.2 Å². The molecule has 0 fully saturated rings. The predicted octanol–water partition coefficient (Wildman–Crippen LogP) is 1.82. The molecule has 0 aromatic carbocycles. The lowest BCUT2D eigenvalue weighted by molar-refractivity contribution is -0.137. The van der Waals surface area contributed by atoms with Crippen molar-refractivity contribution in [2.75, 3.05) is 20.8 Å². The minimum Gasteiger partial charge on any atom is -0.466 e. The first-order valence-corrected chi connectivity index (χ1v) is 5.53. The molecule has 114 valence electrons. The molecule has 0 aliphatic carbocycles. The number of esters is 3. The number of carbonyl (C=O) groups excluding carboxylic acids is 3. The van der Waals surface area contributed by atoms with Crippen LogP contribution in [0.15, 0.2) is 37.5 Å². The van der Waals surface area contributed by atoms with Gasteiger partial charge in [-0.25, -0.2) is 14.4 Å². The smallest absolute Gasteiger partial charge is 0.332 e. The summed E-state index contributed by atoms with van der Waals surface area (Å²) in [4.78, 5) is 30.1. The summed E-state index contributed by atoms with van der Waals surface area (Å²) < 4.78 is 12.8. The minimum absolute atomic E-state index is 0.347. The largest absolute Gasteiger partial charge is 0.466 e. The maximum absolute atomic E-state index is 10.2. The number of ether oxygens (including phenoxy) is 3. The SMILES string of the molecule is C=C(C)C(=O)OC.C=CC(=O)OC.C=CC(=O)OCC. The summed E-state index contributed by atoms with van der Waals surface area (Å²) in [5.74, 6) is -1.10. The minimum atomic E-state index is -0.394. The van der Waals surface area contributed by atoms with Gasteiger partial charge in [-0.15, -0.1) is 0 Å². The van der Waals surface area contributed by atoms with E-state index in [0.717, 1.165) is 12.2 Å². The summed E-state index contributed by atoms with van der Waals surface area (Å²) in [6.45, 7) is 13.5. The molecule has 0 aliphatic heterocycles. The van der Waals surface area contributed by atoms with Gasteiger partial charge in [-0.3, -0.25) is 0 Å². The van der Waals surface area contributed by atoms with Crippen LogP contribution < -0.4 is 0 Å². The Morgan fingerprint density at radius 3 is 1.50 bits per heavy atom. The Hall–Kier alpha value is -2.37. The molecule has 0 radical (unpaired) electrons. The van der Waals surface area contributed by atoms with E-state index < -0.39 is 5.97 Å². The molecule has 0 unspecified atom stereocenters. The van der Waals surface area contributed by atoms with Crippen molar-refractivity contribution in [2.24, 2.45) is 0 Å². The van der Waals surface area contributed by atoms with Crippen molar-refractivity contribution in [3.63, 3.8) is 0 Å². The molecule has 0 aromatic rings. The molecule has 0 heterocycles. The summed E-state index contributed by atoms with van der Waals surface area (Å²) >= 11 is 0. The Morgan fingerprint density at radius 1 is 1.00 bits per heavy atom. The maximum atomic E-state index is 10.2. The van der Waals surface area contributed by atoms with Gasteiger partial charge >= 0.3 is 17.9 Å². The second-order valence-corrected chi connectivity index (χ2v) is 2.96. The lowest BCUT2D eigenvalue weighted by atomic mass is 10.4. The Bertz CT molecular complexity index is 342. The van der Waals surface area contributed by atoms with Crippen LogP contribution >= 0.6 is 0 Å². The molecule has 0 aromatic heterocycles. The molecule has 0 saturated heterocycles. The molecular weight excluding hydrogens is 264 g/mol. The van der Waals surface area contributed by atoms with Gasteiger partial charge in [0.1, 0.15) is 0 Å². The molecule has 0 spiro atoms. The summed E-state index contributed by atoms with van der Waals surface area (Å²) in [7, 11) is 2.64. The fourth-order valence-corrected chi connectivity index (χ4v) is 0.459. The van der Waals surface area contributed by atoms with Gasteiger partial charge in [0, 0.05) is 17.7 Å². The topological polar surface area (TPSA) is 78.9 Å². The van der Waals surface area contributed by atoms with Crippen LogP contribution in [0.5, 0.6) is 0 Å². The zero-order valence-corrected chi connectivity index (χ0v) is 12.4. The zero-order chi connectivity index (χ0) is 16.6. The molecule has 0 N–H and O–H groups in total. The van der Waals surface area contributed by atoms with Crippen molar-refractivity contribution in [1.82, 2.24) is 0 Å². The molecule has 20 heavy (non-hydrogen) atoms. The van der Waals surface area contributed by atoms with Gasteiger partial charge in [0.05, 0.1) is 20.8 Å². The van der Waals surface area contributed by atoms with Gasteiger partial charge in [-0.05, 0) is 13.8 Å². The third kappa shape index (κ3) is 21.0. The highest BCUT2D eigenvalue weighted by atomic mass is 16.5. The lowest BCUT2D eigenvalue weighted by Crippen LogP contribution is -1.98. The number of carbonyl (C=O) groups is 3. The van der Waals surface area contributed by atoms with Crippen LogP contribution in [0.25, 0.3) is 0 Å². The van der Waals surface area contributed by atoms with Crippen molar-refractivity contribution in [3.05, 3.63) is 37.5 Å². The van der Waals surface area contributed by atoms with Crippen LogP contribution in [0.4, 0.5) is 0 Å². The molecular formula is C14H22O6. The Labute approximate surface area is 119 Å². The normalized spacial score (nSPS) is 7.40. The molecule has 0 rings (SSSR count). The van der Waals surface area contributed by atoms with E-state index in [9.17, 15) is 14.4 Å². The van der Waals surface area contributed by atoms with Crippen LogP contribution in [0.3, 0.4) is 0 Å². The van der Waals surface area contributed by atoms with E-state index in [4.69, 9.17) is 0 Å². The van der Waals surface area contributed by atoms with Crippen molar-refractivity contribution in [1.29, 1.82) is 0 Å². The van der Waals surface area contributed by atoms with Gasteiger partial charge in [-0.2, -0.15) is 0 Å². The number of hydrogen-bond donors (Lipinski definition) is 0. The van der Waals surface area contributed by atoms with Crippen LogP contribution in [0, 0.1) is 0 Å². The third-order valence-corrected chi connectivity index (χ3v) is 1.35. The Kier molecular flexibility index (Phi) is 18.9. The Morgan fingerprint density at radius 2 is 1.45 bits per heavy atom. The standard InChI is InChI=1S/2C5H8O2.C4H6O2/c1-4(2)5(6)7-3;1-3-5(6)7-4-2;1-3-4(5)6-2/h1H2,2-3H3;3H,1,4H2,2H3;3H,1H2,2H3. The molecule has 0 amide bonds. The Balaban J connectivity index is -0.000000218. The van der Waals surface area contributed by atoms with Crippen LogP contribution in [-0.2, 0) is 28.6 Å². The lowest BCUT2D eigenvalue weighted by Gasteiger charge is -1.91. The van der Waals surface area contributed by atoms with E-state index in [1.165, 1.54) is 14.2 Å². The predicted molar refractivity (Wildman–Crippen MR) is 75.9 cm³/mol. The maximum Gasteiger partial charge on any atom is 0.332 e. The fraction of sp³-hybridized carbons (Fsp3) is 0.357. The second kappa shape index (κ2) is 16.6. The van der Waals surface area contributed by atoms with Gasteiger partial charge in [-0.1, -0.05) is 19.7 Å². The van der Waals surface area contributed by atoms with Crippen LogP contribution in [0.2, 0.25) is 0 Å². The number of rotatable bonds is 4. The van der Waals surface area contributed by atoms with Gasteiger partial charge in [0.25, 0.3) is 0 Å². The van der Waals surface area contributed by atoms with Crippen molar-refractivity contribution in [3.8, 4) is 0 Å².